The Morgan fingerprint density at radius 2 is 1.96 bits per heavy atom. The lowest BCUT2D eigenvalue weighted by atomic mass is 9.76. The summed E-state index contributed by atoms with van der Waals surface area (Å²) >= 11 is 3.48. The first kappa shape index (κ1) is 21.3. The second-order valence-electron chi connectivity index (χ2n) is 8.20. The molecule has 1 aliphatic carbocycles. The van der Waals surface area contributed by atoms with Gasteiger partial charge in [-0.05, 0) is 56.1 Å². The highest BCUT2D eigenvalue weighted by Crippen LogP contribution is 2.40. The van der Waals surface area contributed by atoms with E-state index in [9.17, 15) is 4.79 Å². The van der Waals surface area contributed by atoms with Crippen molar-refractivity contribution in [3.63, 3.8) is 0 Å². The number of carboxylic acid groups (broad SMARTS) is 1. The summed E-state index contributed by atoms with van der Waals surface area (Å²) in [7, 11) is 0. The van der Waals surface area contributed by atoms with Crippen LogP contribution >= 0.6 is 22.7 Å². The van der Waals surface area contributed by atoms with Crippen molar-refractivity contribution in [2.45, 2.75) is 71.8 Å². The van der Waals surface area contributed by atoms with E-state index in [1.54, 1.807) is 11.3 Å². The minimum absolute atomic E-state index is 0.139. The second kappa shape index (κ2) is 9.88. The van der Waals surface area contributed by atoms with Crippen LogP contribution in [0.15, 0.2) is 17.5 Å². The first-order valence-electron chi connectivity index (χ1n) is 10.5. The molecule has 0 atom stereocenters. The summed E-state index contributed by atoms with van der Waals surface area (Å²) in [5.41, 5.74) is 1.21. The minimum Gasteiger partial charge on any atom is -0.481 e. The van der Waals surface area contributed by atoms with Gasteiger partial charge in [-0.15, -0.1) is 22.7 Å². The Bertz CT molecular complexity index is 760. The van der Waals surface area contributed by atoms with Gasteiger partial charge in [0.2, 0.25) is 0 Å². The molecule has 0 unspecified atom stereocenters. The fourth-order valence-corrected chi connectivity index (χ4v) is 5.96. The number of hydrogen-bond donors (Lipinski definition) is 1. The molecule has 0 amide bonds. The molecule has 1 aliphatic rings. The quantitative estimate of drug-likeness (QED) is 0.526. The van der Waals surface area contributed by atoms with Crippen LogP contribution in [0.3, 0.4) is 0 Å². The molecule has 6 heteroatoms. The molecule has 0 saturated heterocycles. The average molecular weight is 421 g/mol. The minimum atomic E-state index is -0.755. The van der Waals surface area contributed by atoms with Crippen LogP contribution in [0.1, 0.15) is 74.2 Å². The van der Waals surface area contributed by atoms with E-state index >= 15 is 0 Å². The molecule has 0 bridgehead atoms. The number of carbonyl (C=O) groups is 1. The predicted molar refractivity (Wildman–Crippen MR) is 119 cm³/mol. The second-order valence-corrected chi connectivity index (χ2v) is 10.3. The zero-order valence-corrected chi connectivity index (χ0v) is 18.8. The molecule has 1 saturated carbocycles. The third-order valence-electron chi connectivity index (χ3n) is 5.92. The Labute approximate surface area is 176 Å². The van der Waals surface area contributed by atoms with Gasteiger partial charge in [0.05, 0.1) is 18.7 Å². The van der Waals surface area contributed by atoms with E-state index in [1.165, 1.54) is 41.1 Å². The summed E-state index contributed by atoms with van der Waals surface area (Å²) in [6.07, 6.45) is 6.23. The molecule has 1 N–H and O–H groups in total. The van der Waals surface area contributed by atoms with Gasteiger partial charge in [0.1, 0.15) is 0 Å². The van der Waals surface area contributed by atoms with Gasteiger partial charge in [0, 0.05) is 27.6 Å². The number of thiazole rings is 1. The van der Waals surface area contributed by atoms with Crippen molar-refractivity contribution in [2.75, 3.05) is 11.4 Å². The topological polar surface area (TPSA) is 53.4 Å². The molecular weight excluding hydrogens is 388 g/mol. The highest BCUT2D eigenvalue weighted by Gasteiger charge is 2.26. The number of anilines is 1. The molecule has 0 aromatic carbocycles. The lowest BCUT2D eigenvalue weighted by Crippen LogP contribution is -2.25. The smallest absolute Gasteiger partial charge is 0.305 e. The van der Waals surface area contributed by atoms with Crippen molar-refractivity contribution in [1.29, 1.82) is 0 Å². The number of aryl methyl sites for hydroxylation is 1. The van der Waals surface area contributed by atoms with Crippen LogP contribution in [0.2, 0.25) is 0 Å². The molecule has 2 aromatic heterocycles. The molecule has 1 fully saturated rings. The van der Waals surface area contributed by atoms with Gasteiger partial charge < -0.3 is 10.0 Å². The van der Waals surface area contributed by atoms with E-state index in [0.29, 0.717) is 12.5 Å². The van der Waals surface area contributed by atoms with Crippen LogP contribution in [0.5, 0.6) is 0 Å². The van der Waals surface area contributed by atoms with Gasteiger partial charge in [-0.1, -0.05) is 20.8 Å². The molecule has 4 nitrogen and oxygen atoms in total. The molecule has 2 aromatic rings. The van der Waals surface area contributed by atoms with Crippen LogP contribution in [0.25, 0.3) is 0 Å². The maximum atomic E-state index is 11.1. The summed E-state index contributed by atoms with van der Waals surface area (Å²) in [4.78, 5) is 20.9. The Hall–Kier alpha value is -1.40. The van der Waals surface area contributed by atoms with Gasteiger partial charge in [0.25, 0.3) is 0 Å². The van der Waals surface area contributed by atoms with Gasteiger partial charge in [-0.2, -0.15) is 0 Å². The van der Waals surface area contributed by atoms with Gasteiger partial charge in [-0.3, -0.25) is 4.79 Å². The fourth-order valence-electron chi connectivity index (χ4n) is 4.05. The van der Waals surface area contributed by atoms with Crippen molar-refractivity contribution in [2.24, 2.45) is 11.8 Å². The number of hydrogen-bond acceptors (Lipinski definition) is 5. The number of nitrogens with zero attached hydrogens (tertiary/aromatic N) is 2. The van der Waals surface area contributed by atoms with Gasteiger partial charge in [-0.25, -0.2) is 4.98 Å². The average Bonchev–Trinajstić information content (AvgIpc) is 3.34. The molecule has 28 heavy (non-hydrogen) atoms. The molecule has 0 aliphatic heterocycles. The number of aromatic nitrogens is 1. The van der Waals surface area contributed by atoms with Crippen LogP contribution in [-0.2, 0) is 17.8 Å². The fraction of sp³-hybridized carbons (Fsp3) is 0.636. The number of rotatable bonds is 9. The Balaban J connectivity index is 1.69. The molecule has 3 rings (SSSR count). The number of aliphatic carboxylic acids is 1. The Morgan fingerprint density at radius 1 is 1.25 bits per heavy atom. The highest BCUT2D eigenvalue weighted by molar-refractivity contribution is 7.14. The van der Waals surface area contributed by atoms with Crippen LogP contribution < -0.4 is 4.90 Å². The van der Waals surface area contributed by atoms with E-state index in [-0.39, 0.29) is 6.42 Å². The SMILES string of the molecule is CCc1ccc(CN(CCC(=O)O)c2nc(C3CCC(C(C)C)CC3)cs2)s1. The lowest BCUT2D eigenvalue weighted by Gasteiger charge is -2.30. The summed E-state index contributed by atoms with van der Waals surface area (Å²) in [5.74, 6) is 1.44. The largest absolute Gasteiger partial charge is 0.481 e. The normalized spacial score (nSPS) is 19.9. The van der Waals surface area contributed by atoms with Crippen molar-refractivity contribution in [3.8, 4) is 0 Å². The van der Waals surface area contributed by atoms with Crippen molar-refractivity contribution < 1.29 is 9.90 Å². The van der Waals surface area contributed by atoms with Crippen LogP contribution in [0.4, 0.5) is 5.13 Å². The third kappa shape index (κ3) is 5.57. The zero-order valence-electron chi connectivity index (χ0n) is 17.2. The van der Waals surface area contributed by atoms with E-state index in [0.717, 1.165) is 29.9 Å². The van der Waals surface area contributed by atoms with Crippen molar-refractivity contribution in [1.82, 2.24) is 4.98 Å². The van der Waals surface area contributed by atoms with E-state index in [1.807, 2.05) is 11.3 Å². The predicted octanol–water partition coefficient (Wildman–Crippen LogP) is 6.18. The Kier molecular flexibility index (Phi) is 7.52. The van der Waals surface area contributed by atoms with Crippen LogP contribution in [-0.4, -0.2) is 22.6 Å². The van der Waals surface area contributed by atoms with Crippen molar-refractivity contribution in [3.05, 3.63) is 33.0 Å². The monoisotopic (exact) mass is 420 g/mol. The van der Waals surface area contributed by atoms with E-state index < -0.39 is 5.97 Å². The molecule has 0 spiro atoms. The number of carboxylic acids is 1. The summed E-state index contributed by atoms with van der Waals surface area (Å²) in [6, 6.07) is 4.34. The van der Waals surface area contributed by atoms with Crippen molar-refractivity contribution >= 4 is 33.8 Å². The summed E-state index contributed by atoms with van der Waals surface area (Å²) in [5, 5.41) is 12.3. The maximum Gasteiger partial charge on any atom is 0.305 e. The maximum absolute atomic E-state index is 11.1. The van der Waals surface area contributed by atoms with Gasteiger partial charge in [0.15, 0.2) is 5.13 Å². The van der Waals surface area contributed by atoms with Crippen LogP contribution in [0, 0.1) is 11.8 Å². The van der Waals surface area contributed by atoms with Gasteiger partial charge >= 0.3 is 5.97 Å². The Morgan fingerprint density at radius 3 is 2.57 bits per heavy atom. The molecular formula is C22H32N2O2S2. The third-order valence-corrected chi connectivity index (χ3v) is 8.06. The summed E-state index contributed by atoms with van der Waals surface area (Å²) < 4.78 is 0. The first-order valence-corrected chi connectivity index (χ1v) is 12.2. The highest BCUT2D eigenvalue weighted by atomic mass is 32.1. The molecule has 2 heterocycles. The first-order chi connectivity index (χ1) is 13.5. The van der Waals surface area contributed by atoms with E-state index in [2.05, 4.69) is 43.2 Å². The molecule has 0 radical (unpaired) electrons. The zero-order chi connectivity index (χ0) is 20.1. The lowest BCUT2D eigenvalue weighted by molar-refractivity contribution is -0.136. The molecule has 154 valence electrons. The number of thiophene rings is 1. The standard InChI is InChI=1S/C22H32N2O2S2/c1-4-18-9-10-19(28-18)13-24(12-11-21(25)26)22-23-20(14-27-22)17-7-5-16(6-8-17)15(2)3/h9-10,14-17H,4-8,11-13H2,1-3H3,(H,25,26). The summed E-state index contributed by atoms with van der Waals surface area (Å²) in [6.45, 7) is 8.08. The van der Waals surface area contributed by atoms with E-state index in [4.69, 9.17) is 10.1 Å².